The second kappa shape index (κ2) is 13.6. The van der Waals surface area contributed by atoms with Crippen molar-refractivity contribution in [2.45, 2.75) is 32.6 Å². The van der Waals surface area contributed by atoms with Crippen molar-refractivity contribution in [2.24, 2.45) is 4.99 Å². The molecule has 1 heterocycles. The summed E-state index contributed by atoms with van der Waals surface area (Å²) in [5.41, 5.74) is 0. The summed E-state index contributed by atoms with van der Waals surface area (Å²) >= 11 is 0. The van der Waals surface area contributed by atoms with E-state index in [1.165, 1.54) is 39.1 Å². The van der Waals surface area contributed by atoms with E-state index in [9.17, 15) is 0 Å². The van der Waals surface area contributed by atoms with Crippen LogP contribution in [-0.4, -0.2) is 88.9 Å². The van der Waals surface area contributed by atoms with Crippen LogP contribution in [0.5, 0.6) is 0 Å². The number of guanidine groups is 1. The lowest BCUT2D eigenvalue weighted by Crippen LogP contribution is -2.39. The van der Waals surface area contributed by atoms with Gasteiger partial charge in [-0.15, -0.1) is 0 Å². The van der Waals surface area contributed by atoms with Crippen LogP contribution in [0.25, 0.3) is 0 Å². The second-order valence-electron chi connectivity index (χ2n) is 6.18. The van der Waals surface area contributed by atoms with Crippen LogP contribution in [0.1, 0.15) is 32.6 Å². The van der Waals surface area contributed by atoms with Crippen molar-refractivity contribution in [3.05, 3.63) is 0 Å². The van der Waals surface area contributed by atoms with Gasteiger partial charge in [-0.05, 0) is 59.3 Å². The normalized spacial score (nSPS) is 18.0. The largest absolute Gasteiger partial charge is 0.382 e. The molecule has 0 amide bonds. The van der Waals surface area contributed by atoms with E-state index in [0.29, 0.717) is 0 Å². The molecule has 0 unspecified atom stereocenters. The van der Waals surface area contributed by atoms with Gasteiger partial charge in [0.25, 0.3) is 0 Å². The average molecular weight is 328 g/mol. The molecule has 6 heteroatoms. The Morgan fingerprint density at radius 3 is 2.57 bits per heavy atom. The van der Waals surface area contributed by atoms with Crippen LogP contribution in [-0.2, 0) is 4.74 Å². The van der Waals surface area contributed by atoms with E-state index >= 15 is 0 Å². The third-order valence-corrected chi connectivity index (χ3v) is 4.19. The summed E-state index contributed by atoms with van der Waals surface area (Å²) in [6.45, 7) is 11.7. The summed E-state index contributed by atoms with van der Waals surface area (Å²) in [6.07, 6.45) is 4.66. The number of rotatable bonds is 10. The Morgan fingerprint density at radius 2 is 1.83 bits per heavy atom. The lowest BCUT2D eigenvalue weighted by atomic mass is 10.3. The lowest BCUT2D eigenvalue weighted by molar-refractivity contribution is 0.143. The number of unbranched alkanes of at least 4 members (excludes halogenated alkanes) is 1. The standard InChI is InChI=1S/C17H37N5O/c1-4-23-16-6-5-9-19-17(18-2)20-10-7-12-22-13-8-11-21(3)14-15-22/h4-16H2,1-3H3,(H2,18,19,20). The van der Waals surface area contributed by atoms with E-state index in [1.807, 2.05) is 14.0 Å². The topological polar surface area (TPSA) is 52.1 Å². The molecule has 0 radical (unpaired) electrons. The van der Waals surface area contributed by atoms with Gasteiger partial charge in [0, 0.05) is 46.4 Å². The van der Waals surface area contributed by atoms with Gasteiger partial charge in [0.2, 0.25) is 0 Å². The average Bonchev–Trinajstić information content (AvgIpc) is 2.77. The molecule has 0 aromatic rings. The summed E-state index contributed by atoms with van der Waals surface area (Å²) in [5.74, 6) is 0.914. The molecule has 0 spiro atoms. The minimum atomic E-state index is 0.809. The van der Waals surface area contributed by atoms with Crippen molar-refractivity contribution in [1.82, 2.24) is 20.4 Å². The summed E-state index contributed by atoms with van der Waals surface area (Å²) in [5, 5.41) is 6.77. The van der Waals surface area contributed by atoms with Crippen molar-refractivity contribution < 1.29 is 4.74 Å². The zero-order valence-electron chi connectivity index (χ0n) is 15.4. The first-order valence-corrected chi connectivity index (χ1v) is 9.19. The molecule has 0 aromatic heterocycles. The van der Waals surface area contributed by atoms with Crippen molar-refractivity contribution in [2.75, 3.05) is 73.1 Å². The number of hydrogen-bond acceptors (Lipinski definition) is 4. The van der Waals surface area contributed by atoms with E-state index in [0.717, 1.165) is 51.5 Å². The highest BCUT2D eigenvalue weighted by Crippen LogP contribution is 2.01. The van der Waals surface area contributed by atoms with Crippen molar-refractivity contribution in [1.29, 1.82) is 0 Å². The molecule has 2 N–H and O–H groups in total. The molecule has 0 saturated carbocycles. The number of hydrogen-bond donors (Lipinski definition) is 2. The van der Waals surface area contributed by atoms with Gasteiger partial charge in [-0.1, -0.05) is 0 Å². The fraction of sp³-hybridized carbons (Fsp3) is 0.941. The third kappa shape index (κ3) is 10.5. The fourth-order valence-electron chi connectivity index (χ4n) is 2.73. The van der Waals surface area contributed by atoms with Gasteiger partial charge in [0.05, 0.1) is 0 Å². The van der Waals surface area contributed by atoms with Crippen LogP contribution in [0.4, 0.5) is 0 Å². The quantitative estimate of drug-likeness (QED) is 0.356. The molecule has 6 nitrogen and oxygen atoms in total. The van der Waals surface area contributed by atoms with Crippen LogP contribution in [0, 0.1) is 0 Å². The van der Waals surface area contributed by atoms with Crippen LogP contribution in [0.3, 0.4) is 0 Å². The summed E-state index contributed by atoms with van der Waals surface area (Å²) < 4.78 is 5.34. The van der Waals surface area contributed by atoms with Crippen molar-refractivity contribution in [3.8, 4) is 0 Å². The van der Waals surface area contributed by atoms with Gasteiger partial charge in [-0.3, -0.25) is 4.99 Å². The molecule has 23 heavy (non-hydrogen) atoms. The summed E-state index contributed by atoms with van der Waals surface area (Å²) in [7, 11) is 4.05. The second-order valence-corrected chi connectivity index (χ2v) is 6.18. The van der Waals surface area contributed by atoms with E-state index in [2.05, 4.69) is 32.5 Å². The maximum absolute atomic E-state index is 5.34. The molecule has 0 atom stereocenters. The Hall–Kier alpha value is -0.850. The van der Waals surface area contributed by atoms with Gasteiger partial charge in [0.1, 0.15) is 0 Å². The monoisotopic (exact) mass is 327 g/mol. The molecule has 1 saturated heterocycles. The van der Waals surface area contributed by atoms with Crippen LogP contribution in [0.2, 0.25) is 0 Å². The highest BCUT2D eigenvalue weighted by atomic mass is 16.5. The number of aliphatic imine (C=N–C) groups is 1. The van der Waals surface area contributed by atoms with Crippen LogP contribution in [0.15, 0.2) is 4.99 Å². The zero-order chi connectivity index (χ0) is 16.8. The minimum absolute atomic E-state index is 0.809. The number of nitrogens with one attached hydrogen (secondary N) is 2. The Kier molecular flexibility index (Phi) is 11.9. The SMILES string of the molecule is CCOCCCCNC(=NC)NCCCN1CCCN(C)CC1. The van der Waals surface area contributed by atoms with E-state index in [1.54, 1.807) is 0 Å². The zero-order valence-corrected chi connectivity index (χ0v) is 15.4. The van der Waals surface area contributed by atoms with Crippen LogP contribution >= 0.6 is 0 Å². The number of likely N-dealkylation sites (N-methyl/N-ethyl adjacent to an activating group) is 1. The maximum Gasteiger partial charge on any atom is 0.190 e. The molecule has 1 aliphatic heterocycles. The maximum atomic E-state index is 5.34. The minimum Gasteiger partial charge on any atom is -0.382 e. The smallest absolute Gasteiger partial charge is 0.190 e. The number of nitrogens with zero attached hydrogens (tertiary/aromatic N) is 3. The van der Waals surface area contributed by atoms with Crippen molar-refractivity contribution >= 4 is 5.96 Å². The Balaban J connectivity index is 2.01. The Bertz CT molecular complexity index is 311. The molecular weight excluding hydrogens is 290 g/mol. The fourth-order valence-corrected chi connectivity index (χ4v) is 2.73. The molecule has 136 valence electrons. The van der Waals surface area contributed by atoms with Gasteiger partial charge in [-0.2, -0.15) is 0 Å². The highest BCUT2D eigenvalue weighted by Gasteiger charge is 2.11. The van der Waals surface area contributed by atoms with Gasteiger partial charge >= 0.3 is 0 Å². The molecule has 1 fully saturated rings. The van der Waals surface area contributed by atoms with Crippen molar-refractivity contribution in [3.63, 3.8) is 0 Å². The molecule has 1 rings (SSSR count). The first kappa shape index (κ1) is 20.2. The molecule has 0 bridgehead atoms. The predicted molar refractivity (Wildman–Crippen MR) is 98.3 cm³/mol. The number of ether oxygens (including phenoxy) is 1. The van der Waals surface area contributed by atoms with E-state index < -0.39 is 0 Å². The first-order valence-electron chi connectivity index (χ1n) is 9.19. The summed E-state index contributed by atoms with van der Waals surface area (Å²) in [6, 6.07) is 0. The summed E-state index contributed by atoms with van der Waals surface area (Å²) in [4.78, 5) is 9.28. The Morgan fingerprint density at radius 1 is 1.04 bits per heavy atom. The molecule has 0 aliphatic carbocycles. The van der Waals surface area contributed by atoms with E-state index in [4.69, 9.17) is 4.74 Å². The molecule has 0 aromatic carbocycles. The lowest BCUT2D eigenvalue weighted by Gasteiger charge is -2.20. The van der Waals surface area contributed by atoms with Gasteiger partial charge in [0.15, 0.2) is 5.96 Å². The third-order valence-electron chi connectivity index (χ3n) is 4.19. The predicted octanol–water partition coefficient (Wildman–Crippen LogP) is 0.996. The molecular formula is C17H37N5O. The van der Waals surface area contributed by atoms with E-state index in [-0.39, 0.29) is 0 Å². The highest BCUT2D eigenvalue weighted by molar-refractivity contribution is 5.79. The Labute approximate surface area is 142 Å². The first-order chi connectivity index (χ1) is 11.3. The van der Waals surface area contributed by atoms with Crippen LogP contribution < -0.4 is 10.6 Å². The van der Waals surface area contributed by atoms with Gasteiger partial charge < -0.3 is 25.2 Å². The van der Waals surface area contributed by atoms with Gasteiger partial charge in [-0.25, -0.2) is 0 Å². The molecule has 1 aliphatic rings.